The number of fused-ring (bicyclic) bond motifs is 3. The summed E-state index contributed by atoms with van der Waals surface area (Å²) in [5.74, 6) is -3.52. The van der Waals surface area contributed by atoms with Crippen molar-refractivity contribution in [3.63, 3.8) is 0 Å². The summed E-state index contributed by atoms with van der Waals surface area (Å²) in [7, 11) is 0. The Labute approximate surface area is 246 Å². The van der Waals surface area contributed by atoms with Crippen LogP contribution in [0.15, 0.2) is 53.7 Å². The molecule has 0 aromatic carbocycles. The van der Waals surface area contributed by atoms with E-state index in [2.05, 4.69) is 20.4 Å². The lowest BCUT2D eigenvalue weighted by Gasteiger charge is -2.23. The third-order valence-electron chi connectivity index (χ3n) is 6.50. The first-order valence-corrected chi connectivity index (χ1v) is 13.2. The van der Waals surface area contributed by atoms with Gasteiger partial charge in [-0.1, -0.05) is 23.8 Å². The third kappa shape index (κ3) is 5.80. The fourth-order valence-corrected chi connectivity index (χ4v) is 4.81. The summed E-state index contributed by atoms with van der Waals surface area (Å²) in [6, 6.07) is 3.36. The molecule has 13 heteroatoms. The zero-order valence-electron chi connectivity index (χ0n) is 24.7. The molecule has 0 radical (unpaired) electrons. The largest absolute Gasteiger partial charge is 0.485 e. The van der Waals surface area contributed by atoms with E-state index in [0.29, 0.717) is 42.0 Å². The molecule has 1 N–H and O–H groups in total. The number of allylic oxidation sites excluding steroid dienone is 2. The van der Waals surface area contributed by atoms with Gasteiger partial charge < -0.3 is 10.1 Å². The summed E-state index contributed by atoms with van der Waals surface area (Å²) in [5, 5.41) is 6.48. The smallest absolute Gasteiger partial charge is 0.277 e. The highest BCUT2D eigenvalue weighted by atomic mass is 35.5. The van der Waals surface area contributed by atoms with Crippen LogP contribution in [0.25, 0.3) is 11.5 Å². The Bertz CT molecular complexity index is 1880. The van der Waals surface area contributed by atoms with Crippen molar-refractivity contribution >= 4 is 17.5 Å². The highest BCUT2D eigenvalue weighted by molar-refractivity contribution is 6.31. The van der Waals surface area contributed by atoms with Gasteiger partial charge in [0.1, 0.15) is 34.5 Å². The van der Waals surface area contributed by atoms with Crippen LogP contribution in [0.1, 0.15) is 52.6 Å². The van der Waals surface area contributed by atoms with Crippen molar-refractivity contribution in [3.05, 3.63) is 104 Å². The van der Waals surface area contributed by atoms with Gasteiger partial charge in [0.25, 0.3) is 5.56 Å². The molecular weight excluding hydrogens is 573 g/mol. The van der Waals surface area contributed by atoms with Crippen molar-refractivity contribution in [2.45, 2.75) is 52.1 Å². The second kappa shape index (κ2) is 11.4. The van der Waals surface area contributed by atoms with Crippen LogP contribution >= 0.6 is 11.6 Å². The van der Waals surface area contributed by atoms with Gasteiger partial charge in [-0.2, -0.15) is 5.10 Å². The molecule has 218 valence electrons. The van der Waals surface area contributed by atoms with Crippen LogP contribution in [0, 0.1) is 17.5 Å². The topological polar surface area (TPSA) is 104 Å². The van der Waals surface area contributed by atoms with Crippen LogP contribution in [0.4, 0.5) is 13.2 Å². The molecule has 4 aromatic rings. The maximum Gasteiger partial charge on any atom is 0.277 e. The summed E-state index contributed by atoms with van der Waals surface area (Å²) in [4.78, 5) is 33.3. The van der Waals surface area contributed by atoms with Crippen LogP contribution in [0.2, 0.25) is 5.02 Å². The maximum absolute atomic E-state index is 15.0. The fourth-order valence-electron chi connectivity index (χ4n) is 4.64. The first kappa shape index (κ1) is 26.4. The maximum atomic E-state index is 15.0. The van der Waals surface area contributed by atoms with Crippen molar-refractivity contribution < 1.29 is 25.4 Å². The van der Waals surface area contributed by atoms with E-state index in [0.717, 1.165) is 6.20 Å². The molecule has 0 unspecified atom stereocenters. The second-order valence-corrected chi connectivity index (χ2v) is 10.5. The quantitative estimate of drug-likeness (QED) is 0.317. The Morgan fingerprint density at radius 1 is 1.17 bits per heavy atom. The van der Waals surface area contributed by atoms with E-state index >= 15 is 4.39 Å². The number of aromatic nitrogens is 5. The normalized spacial score (nSPS) is 14.8. The average Bonchev–Trinajstić information content (AvgIpc) is 3.36. The minimum absolute atomic E-state index is 0.0222. The molecule has 9 nitrogen and oxygen atoms in total. The van der Waals surface area contributed by atoms with Gasteiger partial charge in [0.2, 0.25) is 5.91 Å². The summed E-state index contributed by atoms with van der Waals surface area (Å²) >= 11 is 6.43. The lowest BCUT2D eigenvalue weighted by Crippen LogP contribution is -2.40. The molecule has 0 aliphatic carbocycles. The van der Waals surface area contributed by atoms with Crippen LogP contribution < -0.4 is 15.6 Å². The molecule has 1 aliphatic heterocycles. The Morgan fingerprint density at radius 3 is 2.69 bits per heavy atom. The SMILES string of the molecule is [2H]C([2H])(Oc1cc2n(c(=O)c1Cl)-c1cc(-n3cc(F)c(C(C)(C)NC(C)=O)n3)ncc1CC/C=C\C2)c1ncc(F)cc1F. The van der Waals surface area contributed by atoms with E-state index in [1.807, 2.05) is 12.2 Å². The van der Waals surface area contributed by atoms with Crippen molar-refractivity contribution in [2.75, 3.05) is 0 Å². The predicted octanol–water partition coefficient (Wildman–Crippen LogP) is 4.88. The number of amides is 1. The van der Waals surface area contributed by atoms with Gasteiger partial charge in [-0.15, -0.1) is 0 Å². The standard InChI is InChI=1S/C29H26ClF3N6O3/c1-16(40)36-29(2,3)27-21(33)14-38(37-27)25-11-23-17(12-35-25)7-5-4-6-8-19-10-24(26(30)28(41)39(19)23)42-15-22-20(32)9-18(31)13-34-22/h4,6,9-14H,5,7-8,15H2,1-3H3,(H,36,40)/b6-4-/i15D2. The molecule has 1 amide bonds. The lowest BCUT2D eigenvalue weighted by molar-refractivity contribution is -0.120. The Morgan fingerprint density at radius 2 is 1.95 bits per heavy atom. The molecular formula is C29H26ClF3N6O3. The van der Waals surface area contributed by atoms with Gasteiger partial charge in [0, 0.05) is 43.4 Å². The number of nitrogens with zero attached hydrogens (tertiary/aromatic N) is 5. The second-order valence-electron chi connectivity index (χ2n) is 10.1. The molecule has 0 saturated heterocycles. The number of nitrogens with one attached hydrogen (secondary N) is 1. The molecule has 0 fully saturated rings. The van der Waals surface area contributed by atoms with Gasteiger partial charge in [-0.25, -0.2) is 22.8 Å². The molecule has 5 heterocycles. The Hall–Kier alpha value is -4.45. The molecule has 42 heavy (non-hydrogen) atoms. The van der Waals surface area contributed by atoms with E-state index < -0.39 is 45.8 Å². The number of ether oxygens (including phenoxy) is 1. The van der Waals surface area contributed by atoms with Crippen molar-refractivity contribution in [1.82, 2.24) is 29.6 Å². The molecule has 4 aromatic heterocycles. The van der Waals surface area contributed by atoms with Gasteiger partial charge in [-0.05, 0) is 32.3 Å². The summed E-state index contributed by atoms with van der Waals surface area (Å²) in [6.45, 7) is 1.61. The van der Waals surface area contributed by atoms with Gasteiger partial charge in [0.15, 0.2) is 17.5 Å². The van der Waals surface area contributed by atoms with Gasteiger partial charge >= 0.3 is 0 Å². The molecule has 0 atom stereocenters. The number of pyridine rings is 3. The molecule has 1 aliphatic rings. The fraction of sp³-hybridized carbons (Fsp3) is 0.276. The van der Waals surface area contributed by atoms with E-state index in [4.69, 9.17) is 19.1 Å². The summed E-state index contributed by atoms with van der Waals surface area (Å²) in [5.41, 5.74) is -1.37. The van der Waals surface area contributed by atoms with Crippen molar-refractivity contribution in [3.8, 4) is 17.3 Å². The number of carbonyl (C=O) groups excluding carboxylic acids is 1. The average molecular weight is 601 g/mol. The first-order chi connectivity index (χ1) is 20.7. The van der Waals surface area contributed by atoms with Crippen LogP contribution in [-0.4, -0.2) is 30.2 Å². The van der Waals surface area contributed by atoms with Gasteiger partial charge in [0.05, 0.1) is 26.4 Å². The van der Waals surface area contributed by atoms with Crippen molar-refractivity contribution in [1.29, 1.82) is 0 Å². The number of aryl methyl sites for hydroxylation is 1. The third-order valence-corrected chi connectivity index (χ3v) is 6.85. The predicted molar refractivity (Wildman–Crippen MR) is 148 cm³/mol. The minimum Gasteiger partial charge on any atom is -0.485 e. The van der Waals surface area contributed by atoms with E-state index in [-0.39, 0.29) is 29.6 Å². The lowest BCUT2D eigenvalue weighted by atomic mass is 10.0. The molecule has 5 rings (SSSR count). The monoisotopic (exact) mass is 600 g/mol. The van der Waals surface area contributed by atoms with Gasteiger partial charge in [-0.3, -0.25) is 19.1 Å². The molecule has 0 spiro atoms. The van der Waals surface area contributed by atoms with Crippen LogP contribution in [-0.2, 0) is 29.7 Å². The summed E-state index contributed by atoms with van der Waals surface area (Å²) in [6.07, 6.45) is 8.33. The van der Waals surface area contributed by atoms with Crippen molar-refractivity contribution in [2.24, 2.45) is 0 Å². The van der Waals surface area contributed by atoms with E-state index in [1.165, 1.54) is 28.4 Å². The Kier molecular flexibility index (Phi) is 7.20. The summed E-state index contributed by atoms with van der Waals surface area (Å²) < 4.78 is 67.1. The van der Waals surface area contributed by atoms with Crippen LogP contribution in [0.5, 0.6) is 5.75 Å². The minimum atomic E-state index is -2.91. The zero-order chi connectivity index (χ0) is 32.0. The Balaban J connectivity index is 1.61. The zero-order valence-corrected chi connectivity index (χ0v) is 23.5. The number of carbonyl (C=O) groups is 1. The number of hydrogen-bond donors (Lipinski definition) is 1. The highest BCUT2D eigenvalue weighted by Gasteiger charge is 2.29. The molecule has 0 saturated carbocycles. The first-order valence-electron chi connectivity index (χ1n) is 13.8. The highest BCUT2D eigenvalue weighted by Crippen LogP contribution is 2.29. The van der Waals surface area contributed by atoms with E-state index in [1.54, 1.807) is 19.9 Å². The number of rotatable bonds is 6. The number of halogens is 4. The van der Waals surface area contributed by atoms with E-state index in [9.17, 15) is 18.4 Å². The van der Waals surface area contributed by atoms with Crippen LogP contribution in [0.3, 0.4) is 0 Å². The molecule has 0 bridgehead atoms. The number of hydrogen-bond acceptors (Lipinski definition) is 6.